The lowest BCUT2D eigenvalue weighted by Gasteiger charge is -2.05. The maximum absolute atomic E-state index is 12.1. The molecular weight excluding hydrogens is 292 g/mol. The molecule has 1 amide bonds. The number of H-pyrrole nitrogens is 1. The third-order valence-electron chi connectivity index (χ3n) is 3.45. The Bertz CT molecular complexity index is 881. The summed E-state index contributed by atoms with van der Waals surface area (Å²) in [7, 11) is 1.80. The highest BCUT2D eigenvalue weighted by Crippen LogP contribution is 2.14. The van der Waals surface area contributed by atoms with E-state index in [1.165, 1.54) is 0 Å². The predicted molar refractivity (Wildman–Crippen MR) is 86.9 cm³/mol. The van der Waals surface area contributed by atoms with Gasteiger partial charge in [-0.1, -0.05) is 30.3 Å². The SMILES string of the molecule is Cn1cc(CNC(=O)c2ccc(-c3ccccc3)[nH]c2=O)cn1. The number of carbonyl (C=O) groups is 1. The zero-order valence-electron chi connectivity index (χ0n) is 12.6. The van der Waals surface area contributed by atoms with Crippen molar-refractivity contribution in [1.29, 1.82) is 0 Å². The largest absolute Gasteiger partial charge is 0.348 e. The molecule has 0 radical (unpaired) electrons. The van der Waals surface area contributed by atoms with Gasteiger partial charge in [0.1, 0.15) is 5.56 Å². The van der Waals surface area contributed by atoms with Crippen molar-refractivity contribution < 1.29 is 4.79 Å². The summed E-state index contributed by atoms with van der Waals surface area (Å²) in [5.74, 6) is -0.408. The number of aromatic amines is 1. The van der Waals surface area contributed by atoms with Crippen LogP contribution >= 0.6 is 0 Å². The Morgan fingerprint density at radius 2 is 2.00 bits per heavy atom. The van der Waals surface area contributed by atoms with Crippen LogP contribution in [0.1, 0.15) is 15.9 Å². The van der Waals surface area contributed by atoms with Crippen molar-refractivity contribution in [3.05, 3.63) is 76.3 Å². The summed E-state index contributed by atoms with van der Waals surface area (Å²) in [6, 6.07) is 12.8. The standard InChI is InChI=1S/C17H16N4O2/c1-21-11-12(10-19-21)9-18-16(22)14-7-8-15(20-17(14)23)13-5-3-2-4-6-13/h2-8,10-11H,9H2,1H3,(H,18,22)(H,20,23). The minimum Gasteiger partial charge on any atom is -0.348 e. The molecule has 3 rings (SSSR count). The number of rotatable bonds is 4. The van der Waals surface area contributed by atoms with Crippen LogP contribution in [0, 0.1) is 0 Å². The molecule has 0 atom stereocenters. The minimum atomic E-state index is -0.408. The zero-order valence-corrected chi connectivity index (χ0v) is 12.6. The predicted octanol–water partition coefficient (Wildman–Crippen LogP) is 1.71. The van der Waals surface area contributed by atoms with E-state index in [1.54, 1.807) is 30.1 Å². The van der Waals surface area contributed by atoms with Crippen molar-refractivity contribution in [2.24, 2.45) is 7.05 Å². The highest BCUT2D eigenvalue weighted by molar-refractivity contribution is 5.94. The molecule has 23 heavy (non-hydrogen) atoms. The number of aromatic nitrogens is 3. The average molecular weight is 308 g/mol. The van der Waals surface area contributed by atoms with E-state index in [9.17, 15) is 9.59 Å². The van der Waals surface area contributed by atoms with Crippen LogP contribution < -0.4 is 10.9 Å². The van der Waals surface area contributed by atoms with Gasteiger partial charge in [0.05, 0.1) is 6.20 Å². The molecule has 0 fully saturated rings. The Hall–Kier alpha value is -3.15. The van der Waals surface area contributed by atoms with Crippen molar-refractivity contribution in [2.45, 2.75) is 6.54 Å². The number of benzene rings is 1. The Morgan fingerprint density at radius 1 is 1.22 bits per heavy atom. The molecule has 1 aromatic carbocycles. The topological polar surface area (TPSA) is 79.8 Å². The fraction of sp³-hybridized carbons (Fsp3) is 0.118. The van der Waals surface area contributed by atoms with Gasteiger partial charge in [-0.3, -0.25) is 14.3 Å². The number of pyridine rings is 1. The number of nitrogens with zero attached hydrogens (tertiary/aromatic N) is 2. The molecule has 0 bridgehead atoms. The summed E-state index contributed by atoms with van der Waals surface area (Å²) in [4.78, 5) is 27.0. The summed E-state index contributed by atoms with van der Waals surface area (Å²) < 4.78 is 1.66. The highest BCUT2D eigenvalue weighted by Gasteiger charge is 2.11. The first-order valence-electron chi connectivity index (χ1n) is 7.18. The Labute approximate surface area is 132 Å². The maximum atomic E-state index is 12.1. The summed E-state index contributed by atoms with van der Waals surface area (Å²) in [5.41, 5.74) is 2.13. The van der Waals surface area contributed by atoms with Crippen LogP contribution in [0.5, 0.6) is 0 Å². The molecule has 0 aliphatic heterocycles. The van der Waals surface area contributed by atoms with Crippen LogP contribution in [0.2, 0.25) is 0 Å². The van der Waals surface area contributed by atoms with Crippen LogP contribution in [0.25, 0.3) is 11.3 Å². The van der Waals surface area contributed by atoms with Crippen molar-refractivity contribution in [3.63, 3.8) is 0 Å². The summed E-state index contributed by atoms with van der Waals surface area (Å²) in [5, 5.41) is 6.74. The van der Waals surface area contributed by atoms with Crippen LogP contribution in [0.15, 0.2) is 59.7 Å². The van der Waals surface area contributed by atoms with E-state index in [1.807, 2.05) is 36.5 Å². The van der Waals surface area contributed by atoms with Gasteiger partial charge in [-0.25, -0.2) is 0 Å². The molecule has 0 saturated heterocycles. The quantitative estimate of drug-likeness (QED) is 0.770. The van der Waals surface area contributed by atoms with Gasteiger partial charge < -0.3 is 10.3 Å². The lowest BCUT2D eigenvalue weighted by molar-refractivity contribution is 0.0949. The van der Waals surface area contributed by atoms with Gasteiger partial charge in [0.15, 0.2) is 0 Å². The second-order valence-corrected chi connectivity index (χ2v) is 5.19. The molecular formula is C17H16N4O2. The van der Waals surface area contributed by atoms with Gasteiger partial charge in [0.25, 0.3) is 11.5 Å². The van der Waals surface area contributed by atoms with Crippen LogP contribution in [-0.2, 0) is 13.6 Å². The second kappa shape index (κ2) is 6.31. The van der Waals surface area contributed by atoms with Gasteiger partial charge >= 0.3 is 0 Å². The number of aryl methyl sites for hydroxylation is 1. The highest BCUT2D eigenvalue weighted by atomic mass is 16.2. The van der Waals surface area contributed by atoms with Gasteiger partial charge in [-0.15, -0.1) is 0 Å². The normalized spacial score (nSPS) is 10.5. The molecule has 0 aliphatic rings. The summed E-state index contributed by atoms with van der Waals surface area (Å²) in [6.45, 7) is 0.326. The van der Waals surface area contributed by atoms with Crippen molar-refractivity contribution >= 4 is 5.91 Å². The minimum absolute atomic E-state index is 0.0913. The molecule has 0 spiro atoms. The van der Waals surface area contributed by atoms with E-state index in [4.69, 9.17) is 0 Å². The third-order valence-corrected chi connectivity index (χ3v) is 3.45. The fourth-order valence-corrected chi connectivity index (χ4v) is 2.28. The molecule has 2 aromatic heterocycles. The summed E-state index contributed by atoms with van der Waals surface area (Å²) >= 11 is 0. The Balaban J connectivity index is 1.75. The van der Waals surface area contributed by atoms with Crippen molar-refractivity contribution in [3.8, 4) is 11.3 Å². The number of carbonyl (C=O) groups excluding carboxylic acids is 1. The molecule has 0 saturated carbocycles. The third kappa shape index (κ3) is 3.37. The first kappa shape index (κ1) is 14.8. The molecule has 3 aromatic rings. The number of hydrogen-bond donors (Lipinski definition) is 2. The van der Waals surface area contributed by atoms with Crippen LogP contribution in [0.4, 0.5) is 0 Å². The first-order valence-corrected chi connectivity index (χ1v) is 7.18. The first-order chi connectivity index (χ1) is 11.1. The molecule has 6 heteroatoms. The molecule has 2 N–H and O–H groups in total. The monoisotopic (exact) mass is 308 g/mol. The van der Waals surface area contributed by atoms with Gasteiger partial charge in [-0.05, 0) is 17.7 Å². The average Bonchev–Trinajstić information content (AvgIpc) is 2.99. The van der Waals surface area contributed by atoms with E-state index >= 15 is 0 Å². The Kier molecular flexibility index (Phi) is 4.05. The molecule has 116 valence electrons. The van der Waals surface area contributed by atoms with Gasteiger partial charge in [0, 0.05) is 31.0 Å². The van der Waals surface area contributed by atoms with Gasteiger partial charge in [-0.2, -0.15) is 5.10 Å². The van der Waals surface area contributed by atoms with Crippen molar-refractivity contribution in [2.75, 3.05) is 0 Å². The zero-order chi connectivity index (χ0) is 16.2. The summed E-state index contributed by atoms with van der Waals surface area (Å²) in [6.07, 6.45) is 3.48. The van der Waals surface area contributed by atoms with E-state index in [0.717, 1.165) is 11.1 Å². The van der Waals surface area contributed by atoms with Crippen LogP contribution in [0.3, 0.4) is 0 Å². The van der Waals surface area contributed by atoms with Gasteiger partial charge in [0.2, 0.25) is 0 Å². The number of amides is 1. The lowest BCUT2D eigenvalue weighted by atomic mass is 10.1. The molecule has 0 aliphatic carbocycles. The van der Waals surface area contributed by atoms with Crippen LogP contribution in [-0.4, -0.2) is 20.7 Å². The number of nitrogens with one attached hydrogen (secondary N) is 2. The van der Waals surface area contributed by atoms with E-state index in [0.29, 0.717) is 12.2 Å². The van der Waals surface area contributed by atoms with Crippen molar-refractivity contribution in [1.82, 2.24) is 20.1 Å². The lowest BCUT2D eigenvalue weighted by Crippen LogP contribution is -2.29. The fourth-order valence-electron chi connectivity index (χ4n) is 2.28. The Morgan fingerprint density at radius 3 is 2.65 bits per heavy atom. The van der Waals surface area contributed by atoms with E-state index in [2.05, 4.69) is 15.4 Å². The molecule has 6 nitrogen and oxygen atoms in total. The molecule has 2 heterocycles. The number of hydrogen-bond acceptors (Lipinski definition) is 3. The second-order valence-electron chi connectivity index (χ2n) is 5.19. The smallest absolute Gasteiger partial charge is 0.261 e. The van der Waals surface area contributed by atoms with E-state index in [-0.39, 0.29) is 5.56 Å². The maximum Gasteiger partial charge on any atom is 0.261 e. The van der Waals surface area contributed by atoms with E-state index < -0.39 is 11.5 Å². The molecule has 0 unspecified atom stereocenters.